The molecular formula is C23H40N6O2. The molecule has 0 aliphatic heterocycles. The molecule has 174 valence electrons. The number of hydrogen-bond donors (Lipinski definition) is 7. The Morgan fingerprint density at radius 1 is 0.871 bits per heavy atom. The maximum absolute atomic E-state index is 12.2. The van der Waals surface area contributed by atoms with Crippen LogP contribution in [0.2, 0.25) is 0 Å². The van der Waals surface area contributed by atoms with Crippen molar-refractivity contribution in [1.82, 2.24) is 26.3 Å². The molecule has 1 aromatic carbocycles. The van der Waals surface area contributed by atoms with Crippen molar-refractivity contribution in [3.05, 3.63) is 30.0 Å². The molecule has 1 heterocycles. The van der Waals surface area contributed by atoms with Gasteiger partial charge in [-0.2, -0.15) is 0 Å². The third kappa shape index (κ3) is 10.1. The van der Waals surface area contributed by atoms with E-state index < -0.39 is 0 Å². The van der Waals surface area contributed by atoms with Crippen molar-refractivity contribution in [1.29, 1.82) is 0 Å². The van der Waals surface area contributed by atoms with Gasteiger partial charge in [0.05, 0.1) is 6.42 Å². The number of benzene rings is 1. The minimum Gasteiger partial charge on any atom is -0.507 e. The average molecular weight is 433 g/mol. The molecule has 8 heteroatoms. The predicted molar refractivity (Wildman–Crippen MR) is 127 cm³/mol. The first-order valence-corrected chi connectivity index (χ1v) is 11.6. The number of carbonyl (C=O) groups is 1. The van der Waals surface area contributed by atoms with Gasteiger partial charge in [-0.15, -0.1) is 0 Å². The van der Waals surface area contributed by atoms with E-state index in [1.807, 2.05) is 6.07 Å². The molecule has 8 nitrogen and oxygen atoms in total. The van der Waals surface area contributed by atoms with Crippen LogP contribution in [-0.2, 0) is 11.2 Å². The maximum Gasteiger partial charge on any atom is 0.224 e. The smallest absolute Gasteiger partial charge is 0.224 e. The van der Waals surface area contributed by atoms with E-state index in [0.29, 0.717) is 6.54 Å². The first-order valence-electron chi connectivity index (χ1n) is 11.6. The van der Waals surface area contributed by atoms with Crippen LogP contribution in [0.5, 0.6) is 5.75 Å². The Morgan fingerprint density at radius 2 is 1.48 bits per heavy atom. The van der Waals surface area contributed by atoms with Crippen LogP contribution in [0.1, 0.15) is 37.7 Å². The van der Waals surface area contributed by atoms with E-state index in [1.165, 1.54) is 12.8 Å². The Labute approximate surface area is 185 Å². The zero-order valence-corrected chi connectivity index (χ0v) is 18.6. The van der Waals surface area contributed by atoms with Crippen molar-refractivity contribution in [3.8, 4) is 5.75 Å². The Balaban J connectivity index is 1.39. The highest BCUT2D eigenvalue weighted by molar-refractivity contribution is 5.92. The third-order valence-electron chi connectivity index (χ3n) is 5.19. The van der Waals surface area contributed by atoms with E-state index in [1.54, 1.807) is 18.3 Å². The number of fused-ring (bicyclic) bond motifs is 1. The number of phenolic OH excluding ortho intramolecular Hbond substituents is 1. The number of phenols is 1. The monoisotopic (exact) mass is 432 g/mol. The second kappa shape index (κ2) is 15.6. The summed E-state index contributed by atoms with van der Waals surface area (Å²) >= 11 is 0. The Kier molecular flexibility index (Phi) is 12.7. The fraction of sp³-hybridized carbons (Fsp3) is 0.609. The van der Waals surface area contributed by atoms with Crippen molar-refractivity contribution in [3.63, 3.8) is 0 Å². The quantitative estimate of drug-likeness (QED) is 0.178. The van der Waals surface area contributed by atoms with Crippen molar-refractivity contribution in [2.45, 2.75) is 38.5 Å². The molecule has 0 saturated carbocycles. The van der Waals surface area contributed by atoms with Gasteiger partial charge in [0.25, 0.3) is 0 Å². The van der Waals surface area contributed by atoms with Crippen molar-refractivity contribution in [2.75, 3.05) is 52.4 Å². The van der Waals surface area contributed by atoms with Gasteiger partial charge in [-0.1, -0.05) is 6.07 Å². The minimum atomic E-state index is -0.0251. The lowest BCUT2D eigenvalue weighted by Gasteiger charge is -2.08. The fourth-order valence-electron chi connectivity index (χ4n) is 3.49. The van der Waals surface area contributed by atoms with Gasteiger partial charge in [-0.25, -0.2) is 0 Å². The highest BCUT2D eigenvalue weighted by Gasteiger charge is 2.11. The molecule has 8 N–H and O–H groups in total. The second-order valence-corrected chi connectivity index (χ2v) is 7.85. The summed E-state index contributed by atoms with van der Waals surface area (Å²) < 4.78 is 0. The molecule has 1 aromatic heterocycles. The van der Waals surface area contributed by atoms with Crippen LogP contribution in [0.4, 0.5) is 0 Å². The topological polar surface area (TPSA) is 127 Å². The summed E-state index contributed by atoms with van der Waals surface area (Å²) in [6.07, 6.45) is 7.50. The van der Waals surface area contributed by atoms with Crippen LogP contribution in [0.3, 0.4) is 0 Å². The molecule has 0 spiro atoms. The number of aromatic amines is 1. The van der Waals surface area contributed by atoms with Crippen LogP contribution < -0.4 is 27.0 Å². The molecule has 0 saturated heterocycles. The van der Waals surface area contributed by atoms with Gasteiger partial charge in [0, 0.05) is 23.6 Å². The standard InChI is InChI=1S/C23H40N6O2/c24-9-4-12-25-10-1-2-11-26-13-5-14-27-15-6-16-28-22(31)17-19-18-29-20-7-3-8-21(30)23(19)20/h3,7-8,18,25-27,29-30H,1-2,4-6,9-17,24H2,(H,28,31). The third-order valence-corrected chi connectivity index (χ3v) is 5.19. The van der Waals surface area contributed by atoms with Gasteiger partial charge in [0.15, 0.2) is 0 Å². The number of aromatic nitrogens is 1. The fourth-order valence-corrected chi connectivity index (χ4v) is 3.49. The Hall–Kier alpha value is -2.13. The minimum absolute atomic E-state index is 0.0251. The van der Waals surface area contributed by atoms with Crippen molar-refractivity contribution in [2.24, 2.45) is 5.73 Å². The second-order valence-electron chi connectivity index (χ2n) is 7.85. The van der Waals surface area contributed by atoms with Gasteiger partial charge in [-0.05, 0) is 95.6 Å². The normalized spacial score (nSPS) is 11.3. The average Bonchev–Trinajstić information content (AvgIpc) is 3.17. The van der Waals surface area contributed by atoms with Gasteiger partial charge in [0.1, 0.15) is 5.75 Å². The highest BCUT2D eigenvalue weighted by atomic mass is 16.3. The van der Waals surface area contributed by atoms with Crippen LogP contribution in [-0.4, -0.2) is 68.4 Å². The van der Waals surface area contributed by atoms with E-state index in [4.69, 9.17) is 5.73 Å². The van der Waals surface area contributed by atoms with Gasteiger partial charge >= 0.3 is 0 Å². The summed E-state index contributed by atoms with van der Waals surface area (Å²) in [5, 5.41) is 24.0. The molecule has 0 radical (unpaired) electrons. The number of aromatic hydroxyl groups is 1. The molecular weight excluding hydrogens is 392 g/mol. The number of H-pyrrole nitrogens is 1. The lowest BCUT2D eigenvalue weighted by molar-refractivity contribution is -0.120. The number of nitrogens with two attached hydrogens (primary N) is 1. The lowest BCUT2D eigenvalue weighted by Crippen LogP contribution is -2.29. The predicted octanol–water partition coefficient (Wildman–Crippen LogP) is 1.21. The Bertz CT molecular complexity index is 749. The SMILES string of the molecule is NCCCNCCCCNCCCNCCCNC(=O)Cc1c[nH]c2cccc(O)c12. The van der Waals surface area contributed by atoms with Crippen LogP contribution in [0, 0.1) is 0 Å². The first-order chi connectivity index (χ1) is 15.2. The number of carbonyl (C=O) groups excluding carboxylic acids is 1. The van der Waals surface area contributed by atoms with Crippen molar-refractivity contribution >= 4 is 16.8 Å². The van der Waals surface area contributed by atoms with E-state index in [2.05, 4.69) is 26.3 Å². The van der Waals surface area contributed by atoms with Crippen LogP contribution in [0.25, 0.3) is 10.9 Å². The summed E-state index contributed by atoms with van der Waals surface area (Å²) in [6.45, 7) is 7.48. The molecule has 1 amide bonds. The molecule has 0 fully saturated rings. The molecule has 0 bridgehead atoms. The Morgan fingerprint density at radius 3 is 2.16 bits per heavy atom. The van der Waals surface area contributed by atoms with Crippen LogP contribution >= 0.6 is 0 Å². The highest BCUT2D eigenvalue weighted by Crippen LogP contribution is 2.27. The first kappa shape index (κ1) is 25.1. The van der Waals surface area contributed by atoms with Gasteiger partial charge in [-0.3, -0.25) is 4.79 Å². The zero-order valence-electron chi connectivity index (χ0n) is 18.6. The molecule has 0 unspecified atom stereocenters. The van der Waals surface area contributed by atoms with Crippen molar-refractivity contribution < 1.29 is 9.90 Å². The number of unbranched alkanes of at least 4 members (excludes halogenated alkanes) is 1. The van der Waals surface area contributed by atoms with E-state index in [0.717, 1.165) is 81.5 Å². The maximum atomic E-state index is 12.2. The van der Waals surface area contributed by atoms with Gasteiger partial charge < -0.3 is 37.1 Å². The molecule has 31 heavy (non-hydrogen) atoms. The van der Waals surface area contributed by atoms with E-state index in [-0.39, 0.29) is 18.1 Å². The molecule has 0 aliphatic carbocycles. The lowest BCUT2D eigenvalue weighted by atomic mass is 10.1. The number of amides is 1. The molecule has 2 aromatic rings. The van der Waals surface area contributed by atoms with Gasteiger partial charge in [0.2, 0.25) is 5.91 Å². The largest absolute Gasteiger partial charge is 0.507 e. The number of hydrogen-bond acceptors (Lipinski definition) is 6. The summed E-state index contributed by atoms with van der Waals surface area (Å²) in [6, 6.07) is 5.32. The summed E-state index contributed by atoms with van der Waals surface area (Å²) in [7, 11) is 0. The van der Waals surface area contributed by atoms with E-state index >= 15 is 0 Å². The molecule has 0 aliphatic rings. The summed E-state index contributed by atoms with van der Waals surface area (Å²) in [5.74, 6) is 0.179. The summed E-state index contributed by atoms with van der Waals surface area (Å²) in [4.78, 5) is 15.3. The van der Waals surface area contributed by atoms with Crippen LogP contribution in [0.15, 0.2) is 24.4 Å². The number of rotatable bonds is 18. The molecule has 0 atom stereocenters. The molecule has 2 rings (SSSR count). The van der Waals surface area contributed by atoms with E-state index in [9.17, 15) is 9.90 Å². The zero-order chi connectivity index (χ0) is 22.2. The number of nitrogens with one attached hydrogen (secondary N) is 5. The summed E-state index contributed by atoms with van der Waals surface area (Å²) in [5.41, 5.74) is 7.12.